The van der Waals surface area contributed by atoms with Crippen LogP contribution in [0.3, 0.4) is 0 Å². The highest BCUT2D eigenvalue weighted by molar-refractivity contribution is 5.80. The van der Waals surface area contributed by atoms with E-state index in [1.54, 1.807) is 0 Å². The van der Waals surface area contributed by atoms with Crippen LogP contribution in [0, 0.1) is 0 Å². The second-order valence-corrected chi connectivity index (χ2v) is 9.62. The fraction of sp³-hybridized carbons (Fsp3) is 0.290. The number of rotatable bonds is 10. The van der Waals surface area contributed by atoms with Gasteiger partial charge in [0.05, 0.1) is 12.2 Å². The lowest BCUT2D eigenvalue weighted by Gasteiger charge is -2.14. The number of para-hydroxylation sites is 1. The zero-order valence-corrected chi connectivity index (χ0v) is 22.3. The molecule has 7 heteroatoms. The smallest absolute Gasteiger partial charge is 0.292 e. The first kappa shape index (κ1) is 25.4. The van der Waals surface area contributed by atoms with Gasteiger partial charge in [-0.1, -0.05) is 100 Å². The van der Waals surface area contributed by atoms with Gasteiger partial charge in [0.1, 0.15) is 0 Å². The van der Waals surface area contributed by atoms with Gasteiger partial charge in [-0.05, 0) is 52.3 Å². The number of tetrazole rings is 1. The van der Waals surface area contributed by atoms with Gasteiger partial charge >= 0.3 is 5.69 Å². The second-order valence-electron chi connectivity index (χ2n) is 9.62. The van der Waals surface area contributed by atoms with Crippen LogP contribution in [0.4, 0.5) is 0 Å². The minimum absolute atomic E-state index is 0.0261. The molecule has 38 heavy (non-hydrogen) atoms. The molecule has 0 aliphatic heterocycles. The molecular formula is C31H34N6O. The molecule has 2 aromatic heterocycles. The van der Waals surface area contributed by atoms with Gasteiger partial charge in [-0.25, -0.2) is 4.79 Å². The zero-order chi connectivity index (χ0) is 26.5. The van der Waals surface area contributed by atoms with Crippen LogP contribution in [0.25, 0.3) is 28.2 Å². The molecule has 0 amide bonds. The third-order valence-corrected chi connectivity index (χ3v) is 7.03. The summed E-state index contributed by atoms with van der Waals surface area (Å²) in [6.07, 6.45) is 6.79. The van der Waals surface area contributed by atoms with Crippen molar-refractivity contribution in [2.75, 3.05) is 0 Å². The molecule has 0 aliphatic carbocycles. The quantitative estimate of drug-likeness (QED) is 0.252. The first-order valence-electron chi connectivity index (χ1n) is 13.5. The number of hydrogen-bond acceptors (Lipinski definition) is 4. The number of nitrogens with one attached hydrogen (secondary N) is 1. The van der Waals surface area contributed by atoms with Gasteiger partial charge in [-0.15, -0.1) is 10.2 Å². The molecule has 5 aromatic rings. The molecule has 0 aliphatic rings. The number of hydrogen-bond donors (Lipinski definition) is 1. The van der Waals surface area contributed by atoms with Crippen molar-refractivity contribution in [3.8, 4) is 28.2 Å². The van der Waals surface area contributed by atoms with Gasteiger partial charge in [-0.2, -0.15) is 5.21 Å². The van der Waals surface area contributed by atoms with Crippen LogP contribution in [-0.2, 0) is 25.8 Å². The lowest BCUT2D eigenvalue weighted by atomic mass is 9.98. The van der Waals surface area contributed by atoms with Crippen LogP contribution in [0.15, 0.2) is 77.7 Å². The monoisotopic (exact) mass is 506 g/mol. The van der Waals surface area contributed by atoms with E-state index in [-0.39, 0.29) is 5.69 Å². The molecule has 0 bridgehead atoms. The maximum Gasteiger partial charge on any atom is 0.333 e. The highest BCUT2D eigenvalue weighted by Crippen LogP contribution is 2.30. The van der Waals surface area contributed by atoms with Crippen LogP contribution in [0.5, 0.6) is 0 Å². The standard InChI is InChI=1S/C31H34N6O/c1-4-10-25-13-9-12-23(6-3)29(25)37-21-26(11-5-2)36(31(37)38)20-22-16-18-24(19-17-22)27-14-7-8-15-28(27)30-32-34-35-33-30/h7-9,12-19,21H,4-6,10-11,20H2,1-3H3,(H,32,33,34,35). The molecule has 0 radical (unpaired) electrons. The summed E-state index contributed by atoms with van der Waals surface area (Å²) in [6.45, 7) is 7.03. The zero-order valence-electron chi connectivity index (χ0n) is 22.3. The molecule has 5 rings (SSSR count). The van der Waals surface area contributed by atoms with Gasteiger partial charge < -0.3 is 0 Å². The van der Waals surface area contributed by atoms with E-state index < -0.39 is 0 Å². The Bertz CT molecular complexity index is 1560. The van der Waals surface area contributed by atoms with Gasteiger partial charge in [0.2, 0.25) is 5.82 Å². The second kappa shape index (κ2) is 11.4. The summed E-state index contributed by atoms with van der Waals surface area (Å²) in [7, 11) is 0. The molecule has 1 N–H and O–H groups in total. The summed E-state index contributed by atoms with van der Waals surface area (Å²) >= 11 is 0. The summed E-state index contributed by atoms with van der Waals surface area (Å²) in [6, 6.07) is 22.8. The number of nitrogens with zero attached hydrogens (tertiary/aromatic N) is 5. The van der Waals surface area contributed by atoms with E-state index in [1.807, 2.05) is 27.3 Å². The van der Waals surface area contributed by atoms with Crippen molar-refractivity contribution in [1.82, 2.24) is 29.8 Å². The lowest BCUT2D eigenvalue weighted by molar-refractivity contribution is 0.690. The molecule has 194 valence electrons. The third-order valence-electron chi connectivity index (χ3n) is 7.03. The molecule has 3 aromatic carbocycles. The number of aromatic amines is 1. The molecule has 0 saturated carbocycles. The SMILES string of the molecule is CCCc1cccc(CC)c1-n1cc(CCC)n(Cc2ccc(-c3ccccc3-c3nn[nH]n3)cc2)c1=O. The average Bonchev–Trinajstić information content (AvgIpc) is 3.59. The number of H-pyrrole nitrogens is 1. The first-order valence-corrected chi connectivity index (χ1v) is 13.5. The van der Waals surface area contributed by atoms with Gasteiger partial charge in [-0.3, -0.25) is 9.13 Å². The molecule has 7 nitrogen and oxygen atoms in total. The molecule has 2 heterocycles. The Kier molecular flexibility index (Phi) is 7.63. The fourth-order valence-corrected chi connectivity index (χ4v) is 5.20. The topological polar surface area (TPSA) is 81.4 Å². The van der Waals surface area contributed by atoms with Gasteiger partial charge in [0, 0.05) is 17.5 Å². The third kappa shape index (κ3) is 4.96. The highest BCUT2D eigenvalue weighted by Gasteiger charge is 2.17. The Hall–Kier alpha value is -4.26. The largest absolute Gasteiger partial charge is 0.333 e. The number of aromatic nitrogens is 6. The highest BCUT2D eigenvalue weighted by atomic mass is 16.1. The minimum atomic E-state index is 0.0261. The van der Waals surface area contributed by atoms with Crippen molar-refractivity contribution in [3.63, 3.8) is 0 Å². The van der Waals surface area contributed by atoms with E-state index >= 15 is 0 Å². The van der Waals surface area contributed by atoms with E-state index in [4.69, 9.17) is 0 Å². The Morgan fingerprint density at radius 1 is 0.816 bits per heavy atom. The first-order chi connectivity index (χ1) is 18.6. The minimum Gasteiger partial charge on any atom is -0.292 e. The summed E-state index contributed by atoms with van der Waals surface area (Å²) in [5, 5.41) is 14.5. The summed E-state index contributed by atoms with van der Waals surface area (Å²) in [5.74, 6) is 0.566. The van der Waals surface area contributed by atoms with Crippen molar-refractivity contribution < 1.29 is 0 Å². The Morgan fingerprint density at radius 3 is 2.24 bits per heavy atom. The van der Waals surface area contributed by atoms with E-state index in [9.17, 15) is 4.79 Å². The fourth-order valence-electron chi connectivity index (χ4n) is 5.20. The van der Waals surface area contributed by atoms with Gasteiger partial charge in [0.25, 0.3) is 0 Å². The van der Waals surface area contributed by atoms with E-state index in [2.05, 4.69) is 96.1 Å². The molecule has 0 fully saturated rings. The van der Waals surface area contributed by atoms with Crippen molar-refractivity contribution in [2.45, 2.75) is 59.4 Å². The van der Waals surface area contributed by atoms with Crippen LogP contribution in [-0.4, -0.2) is 29.8 Å². The molecule has 0 saturated heterocycles. The summed E-state index contributed by atoms with van der Waals surface area (Å²) in [4.78, 5) is 13.9. The van der Waals surface area contributed by atoms with Crippen molar-refractivity contribution in [1.29, 1.82) is 0 Å². The Morgan fingerprint density at radius 2 is 1.55 bits per heavy atom. The van der Waals surface area contributed by atoms with Crippen LogP contribution < -0.4 is 5.69 Å². The number of imidazole rings is 1. The maximum atomic E-state index is 13.9. The summed E-state index contributed by atoms with van der Waals surface area (Å²) < 4.78 is 3.83. The van der Waals surface area contributed by atoms with Crippen molar-refractivity contribution in [3.05, 3.63) is 106 Å². The predicted octanol–water partition coefficient (Wildman–Crippen LogP) is 6.00. The van der Waals surface area contributed by atoms with Crippen molar-refractivity contribution in [2.24, 2.45) is 0 Å². The maximum absolute atomic E-state index is 13.9. The number of benzene rings is 3. The van der Waals surface area contributed by atoms with Gasteiger partial charge in [0.15, 0.2) is 0 Å². The molecule has 0 atom stereocenters. The Labute approximate surface area is 223 Å². The van der Waals surface area contributed by atoms with Crippen LogP contribution in [0.2, 0.25) is 0 Å². The normalized spacial score (nSPS) is 11.2. The predicted molar refractivity (Wildman–Crippen MR) is 152 cm³/mol. The van der Waals surface area contributed by atoms with Crippen molar-refractivity contribution >= 4 is 0 Å². The van der Waals surface area contributed by atoms with E-state index in [1.165, 1.54) is 11.1 Å². The summed E-state index contributed by atoms with van der Waals surface area (Å²) in [5.41, 5.74) is 8.71. The van der Waals surface area contributed by atoms with E-state index in [0.717, 1.165) is 65.7 Å². The van der Waals surface area contributed by atoms with Crippen LogP contribution >= 0.6 is 0 Å². The number of aryl methyl sites for hydroxylation is 3. The average molecular weight is 507 g/mol. The van der Waals surface area contributed by atoms with E-state index in [0.29, 0.717) is 12.4 Å². The molecular weight excluding hydrogens is 472 g/mol. The molecule has 0 spiro atoms. The molecule has 0 unspecified atom stereocenters. The Balaban J connectivity index is 1.51. The lowest BCUT2D eigenvalue weighted by Crippen LogP contribution is -2.26. The van der Waals surface area contributed by atoms with Crippen LogP contribution in [0.1, 0.15) is 56.0 Å².